The first-order valence-electron chi connectivity index (χ1n) is 7.15. The zero-order valence-corrected chi connectivity index (χ0v) is 13.4. The summed E-state index contributed by atoms with van der Waals surface area (Å²) < 4.78 is 5.43. The highest BCUT2D eigenvalue weighted by atomic mass is 35.5. The molecule has 0 aliphatic heterocycles. The van der Waals surface area contributed by atoms with Crippen LogP contribution in [0.5, 0.6) is 0 Å². The van der Waals surface area contributed by atoms with E-state index in [9.17, 15) is 4.79 Å². The van der Waals surface area contributed by atoms with Crippen molar-refractivity contribution in [1.82, 2.24) is 0 Å². The minimum Gasteiger partial charge on any atom is -0.425 e. The second-order valence-corrected chi connectivity index (χ2v) is 5.19. The third-order valence-electron chi connectivity index (χ3n) is 3.24. The number of rotatable bonds is 5. The molecule has 0 aromatic heterocycles. The van der Waals surface area contributed by atoms with Crippen molar-refractivity contribution in [2.75, 3.05) is 16.8 Å². The first-order chi connectivity index (χ1) is 10.6. The molecule has 0 saturated heterocycles. The first-order valence-corrected chi connectivity index (χ1v) is 7.53. The van der Waals surface area contributed by atoms with Gasteiger partial charge in [-0.25, -0.2) is 4.79 Å². The lowest BCUT2D eigenvalue weighted by Gasteiger charge is -2.29. The predicted molar refractivity (Wildman–Crippen MR) is 90.5 cm³/mol. The Labute approximate surface area is 135 Å². The fourth-order valence-electron chi connectivity index (χ4n) is 2.17. The molecule has 0 aliphatic rings. The lowest BCUT2D eigenvalue weighted by Crippen LogP contribution is -2.37. The topological polar surface area (TPSA) is 41.6 Å². The lowest BCUT2D eigenvalue weighted by molar-refractivity contribution is 0.118. The van der Waals surface area contributed by atoms with Gasteiger partial charge in [0.15, 0.2) is 6.23 Å². The smallest absolute Gasteiger partial charge is 0.413 e. The molecule has 2 aromatic rings. The molecule has 0 heterocycles. The summed E-state index contributed by atoms with van der Waals surface area (Å²) in [7, 11) is 0. The summed E-state index contributed by atoms with van der Waals surface area (Å²) in [6.07, 6.45) is -0.871. The van der Waals surface area contributed by atoms with Gasteiger partial charge in [-0.2, -0.15) is 0 Å². The fraction of sp³-hybridized carbons (Fsp3) is 0.235. The Morgan fingerprint density at radius 3 is 2.41 bits per heavy atom. The van der Waals surface area contributed by atoms with Crippen LogP contribution in [0.15, 0.2) is 54.6 Å². The Morgan fingerprint density at radius 2 is 1.82 bits per heavy atom. The number of halogens is 1. The number of nitrogens with one attached hydrogen (secondary N) is 1. The monoisotopic (exact) mass is 318 g/mol. The van der Waals surface area contributed by atoms with Crippen LogP contribution in [-0.2, 0) is 4.74 Å². The summed E-state index contributed by atoms with van der Waals surface area (Å²) in [6.45, 7) is 4.60. The van der Waals surface area contributed by atoms with E-state index in [1.807, 2.05) is 49.1 Å². The molecule has 2 aromatic carbocycles. The van der Waals surface area contributed by atoms with Gasteiger partial charge in [0.1, 0.15) is 0 Å². The molecular weight excluding hydrogens is 300 g/mol. The summed E-state index contributed by atoms with van der Waals surface area (Å²) >= 11 is 5.81. The van der Waals surface area contributed by atoms with E-state index < -0.39 is 6.09 Å². The highest BCUT2D eigenvalue weighted by Gasteiger charge is 2.16. The van der Waals surface area contributed by atoms with E-state index in [0.29, 0.717) is 10.7 Å². The van der Waals surface area contributed by atoms with Crippen LogP contribution in [0.3, 0.4) is 0 Å². The third kappa shape index (κ3) is 4.40. The van der Waals surface area contributed by atoms with Gasteiger partial charge >= 0.3 is 6.09 Å². The summed E-state index contributed by atoms with van der Waals surface area (Å²) in [6, 6.07) is 16.7. The molecule has 1 atom stereocenters. The molecule has 0 radical (unpaired) electrons. The van der Waals surface area contributed by atoms with E-state index in [-0.39, 0.29) is 6.23 Å². The van der Waals surface area contributed by atoms with Gasteiger partial charge in [-0.1, -0.05) is 29.8 Å². The van der Waals surface area contributed by atoms with Gasteiger partial charge < -0.3 is 9.64 Å². The van der Waals surface area contributed by atoms with Gasteiger partial charge in [-0.3, -0.25) is 5.32 Å². The van der Waals surface area contributed by atoms with Gasteiger partial charge in [0, 0.05) is 22.9 Å². The zero-order chi connectivity index (χ0) is 15.9. The zero-order valence-electron chi connectivity index (χ0n) is 12.6. The van der Waals surface area contributed by atoms with E-state index >= 15 is 0 Å². The van der Waals surface area contributed by atoms with Crippen LogP contribution in [0.2, 0.25) is 5.02 Å². The van der Waals surface area contributed by atoms with Crippen LogP contribution < -0.4 is 10.2 Å². The number of nitrogens with zero attached hydrogens (tertiary/aromatic N) is 1. The van der Waals surface area contributed by atoms with E-state index in [1.54, 1.807) is 24.3 Å². The third-order valence-corrected chi connectivity index (χ3v) is 3.49. The molecule has 4 nitrogen and oxygen atoms in total. The Kier molecular flexibility index (Phi) is 5.67. The molecule has 5 heteroatoms. The van der Waals surface area contributed by atoms with E-state index in [0.717, 1.165) is 12.2 Å². The van der Waals surface area contributed by atoms with Gasteiger partial charge in [0.25, 0.3) is 0 Å². The normalized spacial score (nSPS) is 11.6. The van der Waals surface area contributed by atoms with Crippen LogP contribution in [0.1, 0.15) is 13.8 Å². The Morgan fingerprint density at radius 1 is 1.18 bits per heavy atom. The first kappa shape index (κ1) is 16.2. The van der Waals surface area contributed by atoms with Gasteiger partial charge in [-0.15, -0.1) is 0 Å². The second-order valence-electron chi connectivity index (χ2n) is 4.76. The Hall–Kier alpha value is -2.20. The van der Waals surface area contributed by atoms with Crippen LogP contribution in [0, 0.1) is 0 Å². The van der Waals surface area contributed by atoms with Crippen molar-refractivity contribution in [3.8, 4) is 0 Å². The van der Waals surface area contributed by atoms with Crippen molar-refractivity contribution in [1.29, 1.82) is 0 Å². The second kappa shape index (κ2) is 7.71. The maximum atomic E-state index is 12.0. The van der Waals surface area contributed by atoms with Gasteiger partial charge in [0.05, 0.1) is 0 Å². The molecule has 1 unspecified atom stereocenters. The molecule has 0 saturated carbocycles. The number of carbonyl (C=O) groups excluding carboxylic acids is 1. The van der Waals surface area contributed by atoms with Crippen molar-refractivity contribution in [3.05, 3.63) is 59.6 Å². The fourth-order valence-corrected chi connectivity index (χ4v) is 2.29. The van der Waals surface area contributed by atoms with Crippen LogP contribution in [0.4, 0.5) is 16.2 Å². The minimum atomic E-state index is -0.496. The number of anilines is 2. The van der Waals surface area contributed by atoms with E-state index in [1.165, 1.54) is 0 Å². The summed E-state index contributed by atoms with van der Waals surface area (Å²) in [5.74, 6) is 0. The number of amides is 1. The molecular formula is C17H19ClN2O2. The molecule has 1 amide bonds. The quantitative estimate of drug-likeness (QED) is 0.808. The largest absolute Gasteiger partial charge is 0.425 e. The molecule has 2 rings (SSSR count). The maximum absolute atomic E-state index is 12.0. The number of para-hydroxylation sites is 1. The summed E-state index contributed by atoms with van der Waals surface area (Å²) in [5.41, 5.74) is 1.65. The van der Waals surface area contributed by atoms with E-state index in [4.69, 9.17) is 16.3 Å². The predicted octanol–water partition coefficient (Wildman–Crippen LogP) is 4.76. The molecule has 0 fully saturated rings. The lowest BCUT2D eigenvalue weighted by atomic mass is 10.3. The molecule has 0 bridgehead atoms. The van der Waals surface area contributed by atoms with Crippen molar-refractivity contribution >= 4 is 29.1 Å². The van der Waals surface area contributed by atoms with Crippen molar-refractivity contribution in [2.45, 2.75) is 20.1 Å². The highest BCUT2D eigenvalue weighted by molar-refractivity contribution is 6.30. The average molecular weight is 319 g/mol. The van der Waals surface area contributed by atoms with Crippen molar-refractivity contribution in [3.63, 3.8) is 0 Å². The molecule has 0 spiro atoms. The average Bonchev–Trinajstić information content (AvgIpc) is 2.51. The summed E-state index contributed by atoms with van der Waals surface area (Å²) in [5, 5.41) is 3.30. The minimum absolute atomic E-state index is 0.375. The number of hydrogen-bond donors (Lipinski definition) is 1. The molecule has 0 aliphatic carbocycles. The maximum Gasteiger partial charge on any atom is 0.413 e. The van der Waals surface area contributed by atoms with Crippen molar-refractivity contribution < 1.29 is 9.53 Å². The number of hydrogen-bond acceptors (Lipinski definition) is 3. The number of benzene rings is 2. The Balaban J connectivity index is 1.96. The SMILES string of the molecule is CCN(c1ccccc1)C(C)OC(=O)Nc1ccc(Cl)cc1. The molecule has 116 valence electrons. The highest BCUT2D eigenvalue weighted by Crippen LogP contribution is 2.18. The van der Waals surface area contributed by atoms with E-state index in [2.05, 4.69) is 5.32 Å². The molecule has 22 heavy (non-hydrogen) atoms. The van der Waals surface area contributed by atoms with Gasteiger partial charge in [0.2, 0.25) is 0 Å². The summed E-state index contributed by atoms with van der Waals surface area (Å²) in [4.78, 5) is 14.0. The standard InChI is InChI=1S/C17H19ClN2O2/c1-3-20(16-7-5-4-6-8-16)13(2)22-17(21)19-15-11-9-14(18)10-12-15/h4-13H,3H2,1-2H3,(H,19,21). The molecule has 1 N–H and O–H groups in total. The van der Waals surface area contributed by atoms with Crippen LogP contribution >= 0.6 is 11.6 Å². The Bertz CT molecular complexity index is 602. The van der Waals surface area contributed by atoms with Crippen LogP contribution in [-0.4, -0.2) is 18.9 Å². The number of carbonyl (C=O) groups is 1. The van der Waals surface area contributed by atoms with Crippen LogP contribution in [0.25, 0.3) is 0 Å². The van der Waals surface area contributed by atoms with Gasteiger partial charge in [-0.05, 0) is 50.2 Å². The van der Waals surface area contributed by atoms with Crippen molar-refractivity contribution in [2.24, 2.45) is 0 Å². The number of ether oxygens (including phenoxy) is 1.